The third kappa shape index (κ3) is 4.14. The standard InChI is InChI=1S/C13H16F4N2O2S.ClH/c1-18-8-10-3-2-6-19(10)22(20,21)12-7-9(13(15,16)17)4-5-11(12)14;/h4-5,7,10,18H,2-3,6,8H2,1H3;1H. The zero-order valence-corrected chi connectivity index (χ0v) is 13.9. The van der Waals surface area contributed by atoms with Gasteiger partial charge in [-0.2, -0.15) is 17.5 Å². The van der Waals surface area contributed by atoms with Gasteiger partial charge in [-0.25, -0.2) is 12.8 Å². The van der Waals surface area contributed by atoms with Crippen LogP contribution < -0.4 is 5.32 Å². The van der Waals surface area contributed by atoms with Gasteiger partial charge in [0.15, 0.2) is 0 Å². The summed E-state index contributed by atoms with van der Waals surface area (Å²) in [5.41, 5.74) is -1.18. The van der Waals surface area contributed by atoms with Crippen LogP contribution in [0, 0.1) is 5.82 Å². The van der Waals surface area contributed by atoms with E-state index >= 15 is 0 Å². The van der Waals surface area contributed by atoms with E-state index in [0.717, 1.165) is 4.31 Å². The topological polar surface area (TPSA) is 49.4 Å². The third-order valence-corrected chi connectivity index (χ3v) is 5.57. The van der Waals surface area contributed by atoms with Crippen molar-refractivity contribution in [1.29, 1.82) is 0 Å². The quantitative estimate of drug-likeness (QED) is 0.822. The molecule has 1 unspecified atom stereocenters. The van der Waals surface area contributed by atoms with Crippen LogP contribution in [-0.4, -0.2) is 38.9 Å². The van der Waals surface area contributed by atoms with Crippen LogP contribution in [0.15, 0.2) is 23.1 Å². The molecule has 1 saturated heterocycles. The lowest BCUT2D eigenvalue weighted by Gasteiger charge is -2.24. The number of likely N-dealkylation sites (N-methyl/N-ethyl adjacent to an activating group) is 1. The highest BCUT2D eigenvalue weighted by molar-refractivity contribution is 7.89. The molecule has 0 amide bonds. The van der Waals surface area contributed by atoms with Gasteiger partial charge in [0.2, 0.25) is 10.0 Å². The smallest absolute Gasteiger partial charge is 0.318 e. The Kier molecular flexibility index (Phi) is 6.42. The molecule has 0 aliphatic carbocycles. The van der Waals surface area contributed by atoms with E-state index in [9.17, 15) is 26.0 Å². The SMILES string of the molecule is CNCC1CCCN1S(=O)(=O)c1cc(C(F)(F)F)ccc1F.Cl. The molecule has 1 atom stereocenters. The highest BCUT2D eigenvalue weighted by atomic mass is 35.5. The van der Waals surface area contributed by atoms with Crippen molar-refractivity contribution in [2.75, 3.05) is 20.1 Å². The molecule has 0 aromatic heterocycles. The molecule has 1 aliphatic rings. The Hall–Kier alpha value is -0.900. The molecule has 23 heavy (non-hydrogen) atoms. The van der Waals surface area contributed by atoms with Crippen molar-refractivity contribution < 1.29 is 26.0 Å². The summed E-state index contributed by atoms with van der Waals surface area (Å²) in [6.07, 6.45) is -3.56. The van der Waals surface area contributed by atoms with E-state index in [1.54, 1.807) is 7.05 Å². The molecular weight excluding hydrogens is 360 g/mol. The first-order valence-electron chi connectivity index (χ1n) is 6.71. The Labute approximate surface area is 138 Å². The molecule has 2 rings (SSSR count). The Morgan fingerprint density at radius 1 is 1.35 bits per heavy atom. The Morgan fingerprint density at radius 2 is 2.00 bits per heavy atom. The van der Waals surface area contributed by atoms with E-state index in [4.69, 9.17) is 0 Å². The van der Waals surface area contributed by atoms with Crippen molar-refractivity contribution >= 4 is 22.4 Å². The fourth-order valence-corrected chi connectivity index (χ4v) is 4.35. The molecular formula is C13H17ClF4N2O2S. The molecule has 10 heteroatoms. The number of nitrogens with zero attached hydrogens (tertiary/aromatic N) is 1. The Bertz CT molecular complexity index is 652. The highest BCUT2D eigenvalue weighted by Gasteiger charge is 2.38. The first-order valence-corrected chi connectivity index (χ1v) is 8.15. The molecule has 0 spiro atoms. The van der Waals surface area contributed by atoms with Gasteiger partial charge in [-0.1, -0.05) is 0 Å². The second kappa shape index (κ2) is 7.33. The zero-order chi connectivity index (χ0) is 16.5. The van der Waals surface area contributed by atoms with Crippen LogP contribution in [0.5, 0.6) is 0 Å². The molecule has 132 valence electrons. The van der Waals surface area contributed by atoms with Gasteiger partial charge < -0.3 is 5.32 Å². The van der Waals surface area contributed by atoms with Crippen molar-refractivity contribution in [2.24, 2.45) is 0 Å². The molecule has 1 aromatic carbocycles. The summed E-state index contributed by atoms with van der Waals surface area (Å²) in [7, 11) is -2.66. The van der Waals surface area contributed by atoms with Gasteiger partial charge in [-0.15, -0.1) is 12.4 Å². The van der Waals surface area contributed by atoms with Crippen LogP contribution in [0.4, 0.5) is 17.6 Å². The number of sulfonamides is 1. The first kappa shape index (κ1) is 20.1. The lowest BCUT2D eigenvalue weighted by Crippen LogP contribution is -2.41. The Balaban J connectivity index is 0.00000264. The molecule has 0 radical (unpaired) electrons. The van der Waals surface area contributed by atoms with Crippen LogP contribution in [0.3, 0.4) is 0 Å². The van der Waals surface area contributed by atoms with Gasteiger partial charge in [0.05, 0.1) is 5.56 Å². The van der Waals surface area contributed by atoms with Crippen molar-refractivity contribution in [3.8, 4) is 0 Å². The number of benzene rings is 1. The van der Waals surface area contributed by atoms with E-state index in [0.29, 0.717) is 37.6 Å². The highest BCUT2D eigenvalue weighted by Crippen LogP contribution is 2.33. The van der Waals surface area contributed by atoms with E-state index in [1.165, 1.54) is 0 Å². The number of rotatable bonds is 4. The van der Waals surface area contributed by atoms with E-state index in [-0.39, 0.29) is 25.0 Å². The van der Waals surface area contributed by atoms with Crippen molar-refractivity contribution in [2.45, 2.75) is 30.0 Å². The fourth-order valence-electron chi connectivity index (χ4n) is 2.57. The van der Waals surface area contributed by atoms with Crippen molar-refractivity contribution in [1.82, 2.24) is 9.62 Å². The zero-order valence-electron chi connectivity index (χ0n) is 12.2. The first-order chi connectivity index (χ1) is 10.2. The predicted octanol–water partition coefficient (Wildman–Crippen LogP) is 2.64. The molecule has 0 saturated carbocycles. The molecule has 1 N–H and O–H groups in total. The van der Waals surface area contributed by atoms with Gasteiger partial charge in [-0.3, -0.25) is 0 Å². The van der Waals surface area contributed by atoms with Crippen molar-refractivity contribution in [3.05, 3.63) is 29.6 Å². The summed E-state index contributed by atoms with van der Waals surface area (Å²) in [6.45, 7) is 0.532. The molecule has 1 aliphatic heterocycles. The van der Waals surface area contributed by atoms with E-state index in [1.807, 2.05) is 0 Å². The van der Waals surface area contributed by atoms with E-state index < -0.39 is 32.5 Å². The lowest BCUT2D eigenvalue weighted by molar-refractivity contribution is -0.137. The summed E-state index contributed by atoms with van der Waals surface area (Å²) >= 11 is 0. The van der Waals surface area contributed by atoms with Gasteiger partial charge in [0.25, 0.3) is 0 Å². The van der Waals surface area contributed by atoms with Crippen LogP contribution in [0.1, 0.15) is 18.4 Å². The lowest BCUT2D eigenvalue weighted by atomic mass is 10.2. The molecule has 0 bridgehead atoms. The normalized spacial score (nSPS) is 19.6. The minimum atomic E-state index is -4.73. The minimum absolute atomic E-state index is 0. The minimum Gasteiger partial charge on any atom is -0.318 e. The van der Waals surface area contributed by atoms with Crippen molar-refractivity contribution in [3.63, 3.8) is 0 Å². The maximum atomic E-state index is 13.8. The fraction of sp³-hybridized carbons (Fsp3) is 0.538. The van der Waals surface area contributed by atoms with Gasteiger partial charge >= 0.3 is 6.18 Å². The summed E-state index contributed by atoms with van der Waals surface area (Å²) in [5.74, 6) is -1.18. The average molecular weight is 377 g/mol. The number of hydrogen-bond acceptors (Lipinski definition) is 3. The van der Waals surface area contributed by atoms with Gasteiger partial charge in [0, 0.05) is 19.1 Å². The second-order valence-electron chi connectivity index (χ2n) is 5.11. The van der Waals surface area contributed by atoms with E-state index in [2.05, 4.69) is 5.32 Å². The second-order valence-corrected chi connectivity index (χ2v) is 6.97. The van der Waals surface area contributed by atoms with Crippen LogP contribution >= 0.6 is 12.4 Å². The summed E-state index contributed by atoms with van der Waals surface area (Å²) in [6, 6.07) is 1.05. The summed E-state index contributed by atoms with van der Waals surface area (Å²) in [4.78, 5) is -0.926. The largest absolute Gasteiger partial charge is 0.416 e. The van der Waals surface area contributed by atoms with Crippen LogP contribution in [-0.2, 0) is 16.2 Å². The molecule has 4 nitrogen and oxygen atoms in total. The van der Waals surface area contributed by atoms with Gasteiger partial charge in [0.1, 0.15) is 10.7 Å². The average Bonchev–Trinajstić information content (AvgIpc) is 2.87. The van der Waals surface area contributed by atoms with Gasteiger partial charge in [-0.05, 0) is 38.1 Å². The third-order valence-electron chi connectivity index (χ3n) is 3.61. The predicted molar refractivity (Wildman–Crippen MR) is 79.5 cm³/mol. The Morgan fingerprint density at radius 3 is 2.57 bits per heavy atom. The maximum Gasteiger partial charge on any atom is 0.416 e. The number of halogens is 5. The summed E-state index contributed by atoms with van der Waals surface area (Å²) < 4.78 is 78.1. The monoisotopic (exact) mass is 376 g/mol. The number of alkyl halides is 3. The summed E-state index contributed by atoms with van der Waals surface area (Å²) in [5, 5.41) is 2.83. The maximum absolute atomic E-state index is 13.8. The molecule has 1 fully saturated rings. The molecule has 1 heterocycles. The van der Waals surface area contributed by atoms with Crippen LogP contribution in [0.2, 0.25) is 0 Å². The molecule has 1 aromatic rings. The van der Waals surface area contributed by atoms with Crippen LogP contribution in [0.25, 0.3) is 0 Å². The number of hydrogen-bond donors (Lipinski definition) is 1. The number of nitrogens with one attached hydrogen (secondary N) is 1.